The summed E-state index contributed by atoms with van der Waals surface area (Å²) in [5, 5.41) is 16.1. The molecule has 0 radical (unpaired) electrons. The van der Waals surface area contributed by atoms with E-state index in [1.165, 1.54) is 4.90 Å². The van der Waals surface area contributed by atoms with Crippen LogP contribution in [0.4, 0.5) is 0 Å². The van der Waals surface area contributed by atoms with Gasteiger partial charge in [0.2, 0.25) is 35.4 Å². The van der Waals surface area contributed by atoms with Gasteiger partial charge in [-0.2, -0.15) is 25.3 Å². The Labute approximate surface area is 217 Å². The summed E-state index contributed by atoms with van der Waals surface area (Å²) in [4.78, 5) is 85.1. The van der Waals surface area contributed by atoms with Gasteiger partial charge in [0.25, 0.3) is 0 Å². The Morgan fingerprint density at radius 2 is 1.42 bits per heavy atom. The van der Waals surface area contributed by atoms with Gasteiger partial charge in [0, 0.05) is 18.1 Å². The summed E-state index contributed by atoms with van der Waals surface area (Å²) in [7, 11) is 0. The highest BCUT2D eigenvalue weighted by molar-refractivity contribution is 7.80. The largest absolute Gasteiger partial charge is 0.480 e. The second kappa shape index (κ2) is 14.5. The standard InChI is InChI=1S/C19H31N7O8S2/c20-8(4-13(21)27)15(29)25-11(7-36)18(32)26-3-1-2-12(26)17(31)24-10(6-35)16(30)23-9(19(33)34)5-14(22)28/h8-12,35-36H,1-7,20H2,(H2,21,27)(H2,22,28)(H,23,30)(H,24,31)(H,25,29)(H,33,34). The molecule has 5 atom stereocenters. The first-order valence-electron chi connectivity index (χ1n) is 10.8. The summed E-state index contributed by atoms with van der Waals surface area (Å²) in [6.45, 7) is 0.182. The molecule has 10 N–H and O–H groups in total. The highest BCUT2D eigenvalue weighted by Gasteiger charge is 2.39. The van der Waals surface area contributed by atoms with E-state index in [4.69, 9.17) is 22.3 Å². The Morgan fingerprint density at radius 1 is 0.861 bits per heavy atom. The maximum atomic E-state index is 13.0. The smallest absolute Gasteiger partial charge is 0.326 e. The van der Waals surface area contributed by atoms with Gasteiger partial charge in [0.05, 0.1) is 18.9 Å². The molecule has 0 aliphatic carbocycles. The normalized spacial score (nSPS) is 18.3. The van der Waals surface area contributed by atoms with E-state index in [1.54, 1.807) is 0 Å². The number of thiol groups is 2. The summed E-state index contributed by atoms with van der Waals surface area (Å²) >= 11 is 8.08. The average molecular weight is 550 g/mol. The molecule has 17 heteroatoms. The molecule has 1 aliphatic rings. The van der Waals surface area contributed by atoms with E-state index in [1.807, 2.05) is 0 Å². The van der Waals surface area contributed by atoms with Crippen molar-refractivity contribution in [3.05, 3.63) is 0 Å². The molecule has 1 heterocycles. The van der Waals surface area contributed by atoms with Crippen molar-refractivity contribution in [1.82, 2.24) is 20.9 Å². The lowest BCUT2D eigenvalue weighted by Gasteiger charge is -2.29. The number of hydrogen-bond donors (Lipinski definition) is 9. The Bertz CT molecular complexity index is 890. The number of carboxylic acid groups (broad SMARTS) is 1. The van der Waals surface area contributed by atoms with Crippen LogP contribution in [0.2, 0.25) is 0 Å². The van der Waals surface area contributed by atoms with Crippen molar-refractivity contribution in [2.24, 2.45) is 17.2 Å². The zero-order valence-corrected chi connectivity index (χ0v) is 21.0. The van der Waals surface area contributed by atoms with E-state index in [0.717, 1.165) is 0 Å². The molecular weight excluding hydrogens is 518 g/mol. The van der Waals surface area contributed by atoms with Gasteiger partial charge < -0.3 is 43.2 Å². The lowest BCUT2D eigenvalue weighted by atomic mass is 10.1. The van der Waals surface area contributed by atoms with Crippen LogP contribution in [0.1, 0.15) is 25.7 Å². The van der Waals surface area contributed by atoms with E-state index in [9.17, 15) is 33.6 Å². The highest BCUT2D eigenvalue weighted by Crippen LogP contribution is 2.19. The molecule has 0 aromatic carbocycles. The first kappa shape index (κ1) is 31.0. The van der Waals surface area contributed by atoms with E-state index in [0.29, 0.717) is 6.42 Å². The molecule has 6 amide bonds. The van der Waals surface area contributed by atoms with Crippen molar-refractivity contribution < 1.29 is 38.7 Å². The molecule has 1 aliphatic heterocycles. The topological polar surface area (TPSA) is 257 Å². The maximum absolute atomic E-state index is 13.0. The SMILES string of the molecule is NC(=O)CC(N)C(=O)NC(CS)C(=O)N1CCCC1C(=O)NC(CS)C(=O)NC(CC(N)=O)C(=O)O. The van der Waals surface area contributed by atoms with E-state index >= 15 is 0 Å². The molecule has 0 aromatic heterocycles. The summed E-state index contributed by atoms with van der Waals surface area (Å²) < 4.78 is 0. The summed E-state index contributed by atoms with van der Waals surface area (Å²) in [5.41, 5.74) is 15.6. The number of carboxylic acids is 1. The van der Waals surface area contributed by atoms with Gasteiger partial charge in [-0.1, -0.05) is 0 Å². The summed E-state index contributed by atoms with van der Waals surface area (Å²) in [6, 6.07) is -6.29. The van der Waals surface area contributed by atoms with Crippen molar-refractivity contribution in [2.75, 3.05) is 18.1 Å². The van der Waals surface area contributed by atoms with E-state index in [2.05, 4.69) is 41.2 Å². The van der Waals surface area contributed by atoms with E-state index in [-0.39, 0.29) is 24.5 Å². The minimum atomic E-state index is -1.60. The fraction of sp³-hybridized carbons (Fsp3) is 0.632. The molecule has 5 unspecified atom stereocenters. The summed E-state index contributed by atoms with van der Waals surface area (Å²) in [6.07, 6.45) is -0.370. The lowest BCUT2D eigenvalue weighted by Crippen LogP contribution is -2.59. The van der Waals surface area contributed by atoms with Crippen molar-refractivity contribution in [1.29, 1.82) is 0 Å². The predicted octanol–water partition coefficient (Wildman–Crippen LogP) is -4.55. The molecule has 0 bridgehead atoms. The zero-order chi connectivity index (χ0) is 27.6. The molecular formula is C19H31N7O8S2. The molecule has 202 valence electrons. The van der Waals surface area contributed by atoms with Gasteiger partial charge in [-0.15, -0.1) is 0 Å². The lowest BCUT2D eigenvalue weighted by molar-refractivity contribution is -0.144. The zero-order valence-electron chi connectivity index (χ0n) is 19.2. The van der Waals surface area contributed by atoms with Gasteiger partial charge in [0.15, 0.2) is 0 Å². The molecule has 0 saturated carbocycles. The van der Waals surface area contributed by atoms with Crippen LogP contribution in [-0.2, 0) is 33.6 Å². The van der Waals surface area contributed by atoms with Crippen LogP contribution in [0.15, 0.2) is 0 Å². The Kier molecular flexibility index (Phi) is 12.5. The number of amides is 6. The Morgan fingerprint density at radius 3 is 1.92 bits per heavy atom. The third-order valence-electron chi connectivity index (χ3n) is 5.23. The van der Waals surface area contributed by atoms with Crippen LogP contribution >= 0.6 is 25.3 Å². The molecule has 1 rings (SSSR count). The van der Waals surface area contributed by atoms with Gasteiger partial charge >= 0.3 is 5.97 Å². The second-order valence-corrected chi connectivity index (χ2v) is 8.75. The number of hydrogen-bond acceptors (Lipinski definition) is 10. The summed E-state index contributed by atoms with van der Waals surface area (Å²) in [5.74, 6) is -6.61. The fourth-order valence-electron chi connectivity index (χ4n) is 3.41. The third kappa shape index (κ3) is 9.19. The monoisotopic (exact) mass is 549 g/mol. The quantitative estimate of drug-likeness (QED) is 0.0944. The van der Waals surface area contributed by atoms with Crippen molar-refractivity contribution in [2.45, 2.75) is 55.9 Å². The molecule has 1 saturated heterocycles. The number of carbonyl (C=O) groups is 7. The number of primary amides is 2. The van der Waals surface area contributed by atoms with Crippen LogP contribution in [-0.4, -0.2) is 99.7 Å². The molecule has 36 heavy (non-hydrogen) atoms. The molecule has 15 nitrogen and oxygen atoms in total. The van der Waals surface area contributed by atoms with Crippen LogP contribution in [0.3, 0.4) is 0 Å². The molecule has 0 aromatic rings. The van der Waals surface area contributed by atoms with Crippen LogP contribution in [0, 0.1) is 0 Å². The average Bonchev–Trinajstić information content (AvgIpc) is 3.28. The Hall–Kier alpha value is -3.05. The van der Waals surface area contributed by atoms with Crippen LogP contribution in [0.5, 0.6) is 0 Å². The maximum Gasteiger partial charge on any atom is 0.326 e. The fourth-order valence-corrected chi connectivity index (χ4v) is 3.92. The van der Waals surface area contributed by atoms with Gasteiger partial charge in [-0.3, -0.25) is 28.8 Å². The second-order valence-electron chi connectivity index (χ2n) is 8.02. The van der Waals surface area contributed by atoms with Crippen molar-refractivity contribution in [3.63, 3.8) is 0 Å². The van der Waals surface area contributed by atoms with Gasteiger partial charge in [0.1, 0.15) is 24.2 Å². The number of nitrogens with two attached hydrogens (primary N) is 3. The number of rotatable bonds is 14. The number of nitrogens with one attached hydrogen (secondary N) is 3. The van der Waals surface area contributed by atoms with Crippen LogP contribution < -0.4 is 33.2 Å². The number of nitrogens with zero attached hydrogens (tertiary/aromatic N) is 1. The minimum Gasteiger partial charge on any atom is -0.480 e. The highest BCUT2D eigenvalue weighted by atomic mass is 32.1. The van der Waals surface area contributed by atoms with E-state index < -0.39 is 84.5 Å². The van der Waals surface area contributed by atoms with Gasteiger partial charge in [-0.25, -0.2) is 4.79 Å². The molecule has 1 fully saturated rings. The third-order valence-corrected chi connectivity index (χ3v) is 5.96. The number of likely N-dealkylation sites (tertiary alicyclic amines) is 1. The number of carbonyl (C=O) groups excluding carboxylic acids is 6. The number of aliphatic carboxylic acids is 1. The van der Waals surface area contributed by atoms with Crippen molar-refractivity contribution in [3.8, 4) is 0 Å². The molecule has 0 spiro atoms. The first-order valence-corrected chi connectivity index (χ1v) is 12.1. The Balaban J connectivity index is 2.87. The predicted molar refractivity (Wildman–Crippen MR) is 131 cm³/mol. The van der Waals surface area contributed by atoms with Gasteiger partial charge in [-0.05, 0) is 12.8 Å². The van der Waals surface area contributed by atoms with Crippen molar-refractivity contribution >= 4 is 66.7 Å². The first-order chi connectivity index (χ1) is 16.8. The minimum absolute atomic E-state index is 0.128. The van der Waals surface area contributed by atoms with Crippen LogP contribution in [0.25, 0.3) is 0 Å².